The quantitative estimate of drug-likeness (QED) is 0.755. The summed E-state index contributed by atoms with van der Waals surface area (Å²) in [6.07, 6.45) is -2.75. The van der Waals surface area contributed by atoms with Gasteiger partial charge in [0.15, 0.2) is 0 Å². The molecule has 0 fully saturated rings. The number of benzene rings is 1. The molecule has 0 bridgehead atoms. The minimum Gasteiger partial charge on any atom is -0.494 e. The molecule has 0 amide bonds. The topological polar surface area (TPSA) is 18.5 Å². The fraction of sp³-hybridized carbons (Fsp3) is 0.538. The van der Waals surface area contributed by atoms with Crippen LogP contribution in [-0.4, -0.2) is 18.7 Å². The van der Waals surface area contributed by atoms with Crippen molar-refractivity contribution >= 4 is 12.6 Å². The summed E-state index contributed by atoms with van der Waals surface area (Å²) in [5, 5.41) is 0. The molecular formula is C13H17F3O2S. The Labute approximate surface area is 116 Å². The summed E-state index contributed by atoms with van der Waals surface area (Å²) in [6.45, 7) is 2.65. The molecule has 19 heavy (non-hydrogen) atoms. The predicted molar refractivity (Wildman–Crippen MR) is 70.9 cm³/mol. The van der Waals surface area contributed by atoms with E-state index in [1.54, 1.807) is 0 Å². The monoisotopic (exact) mass is 294 g/mol. The summed E-state index contributed by atoms with van der Waals surface area (Å²) >= 11 is 4.15. The van der Waals surface area contributed by atoms with Gasteiger partial charge in [-0.2, -0.15) is 12.6 Å². The average Bonchev–Trinajstić information content (AvgIpc) is 2.30. The van der Waals surface area contributed by atoms with Crippen LogP contribution in [-0.2, 0) is 0 Å². The van der Waals surface area contributed by atoms with E-state index in [2.05, 4.69) is 24.3 Å². The van der Waals surface area contributed by atoms with Crippen LogP contribution >= 0.6 is 12.6 Å². The van der Waals surface area contributed by atoms with Gasteiger partial charge in [-0.3, -0.25) is 0 Å². The molecule has 1 unspecified atom stereocenters. The van der Waals surface area contributed by atoms with Gasteiger partial charge in [-0.05, 0) is 48.8 Å². The summed E-state index contributed by atoms with van der Waals surface area (Å²) in [6, 6.07) is 5.40. The Hall–Kier alpha value is -1.04. The van der Waals surface area contributed by atoms with E-state index in [0.29, 0.717) is 18.3 Å². The maximum atomic E-state index is 11.9. The molecule has 0 saturated heterocycles. The Morgan fingerprint density at radius 2 is 1.68 bits per heavy atom. The summed E-state index contributed by atoms with van der Waals surface area (Å²) in [4.78, 5) is 0. The van der Waals surface area contributed by atoms with Gasteiger partial charge in [-0.25, -0.2) is 0 Å². The lowest BCUT2D eigenvalue weighted by molar-refractivity contribution is -0.274. The summed E-state index contributed by atoms with van der Waals surface area (Å²) in [7, 11) is 0. The molecule has 0 heterocycles. The number of alkyl halides is 3. The van der Waals surface area contributed by atoms with E-state index in [1.165, 1.54) is 24.3 Å². The first-order valence-electron chi connectivity index (χ1n) is 6.00. The van der Waals surface area contributed by atoms with Crippen LogP contribution in [0, 0.1) is 5.92 Å². The van der Waals surface area contributed by atoms with Gasteiger partial charge >= 0.3 is 6.36 Å². The van der Waals surface area contributed by atoms with Crippen LogP contribution in [0.2, 0.25) is 0 Å². The van der Waals surface area contributed by atoms with Gasteiger partial charge in [0.2, 0.25) is 0 Å². The van der Waals surface area contributed by atoms with Crippen molar-refractivity contribution < 1.29 is 22.6 Å². The van der Waals surface area contributed by atoms with Gasteiger partial charge in [0.25, 0.3) is 0 Å². The normalized spacial score (nSPS) is 13.1. The Morgan fingerprint density at radius 3 is 2.21 bits per heavy atom. The zero-order valence-electron chi connectivity index (χ0n) is 10.6. The van der Waals surface area contributed by atoms with Gasteiger partial charge in [0.1, 0.15) is 11.5 Å². The van der Waals surface area contributed by atoms with E-state index >= 15 is 0 Å². The summed E-state index contributed by atoms with van der Waals surface area (Å²) in [5.41, 5.74) is 0. The average molecular weight is 294 g/mol. The number of thiol groups is 1. The van der Waals surface area contributed by atoms with Crippen LogP contribution in [0.25, 0.3) is 0 Å². The van der Waals surface area contributed by atoms with Crippen molar-refractivity contribution in [3.63, 3.8) is 0 Å². The molecule has 0 aliphatic rings. The Balaban J connectivity index is 2.36. The van der Waals surface area contributed by atoms with Crippen molar-refractivity contribution in [2.75, 3.05) is 12.4 Å². The first kappa shape index (κ1) is 16.0. The lowest BCUT2D eigenvalue weighted by Crippen LogP contribution is -2.17. The van der Waals surface area contributed by atoms with E-state index in [0.717, 1.165) is 18.6 Å². The second kappa shape index (κ2) is 7.53. The molecule has 0 spiro atoms. The zero-order chi connectivity index (χ0) is 14.3. The maximum absolute atomic E-state index is 11.9. The Bertz CT molecular complexity index is 365. The van der Waals surface area contributed by atoms with Gasteiger partial charge in [0.05, 0.1) is 6.61 Å². The second-order valence-corrected chi connectivity index (χ2v) is 4.72. The predicted octanol–water partition coefficient (Wildman–Crippen LogP) is 4.31. The van der Waals surface area contributed by atoms with Crippen LogP contribution in [0.3, 0.4) is 0 Å². The number of rotatable bonds is 7. The van der Waals surface area contributed by atoms with Crippen molar-refractivity contribution in [2.45, 2.75) is 26.1 Å². The first-order chi connectivity index (χ1) is 8.90. The fourth-order valence-corrected chi connectivity index (χ4v) is 1.92. The highest BCUT2D eigenvalue weighted by Gasteiger charge is 2.30. The molecule has 0 radical (unpaired) electrons. The molecule has 0 aliphatic heterocycles. The van der Waals surface area contributed by atoms with Crippen LogP contribution < -0.4 is 9.47 Å². The lowest BCUT2D eigenvalue weighted by Gasteiger charge is -2.12. The SMILES string of the molecule is CC(CCS)CCOc1ccc(OC(F)(F)F)cc1. The molecule has 0 aromatic heterocycles. The van der Waals surface area contributed by atoms with Crippen molar-refractivity contribution in [3.8, 4) is 11.5 Å². The molecule has 1 rings (SSSR count). The third-order valence-electron chi connectivity index (χ3n) is 2.56. The third kappa shape index (κ3) is 7.20. The third-order valence-corrected chi connectivity index (χ3v) is 2.82. The second-order valence-electron chi connectivity index (χ2n) is 4.27. The van der Waals surface area contributed by atoms with E-state index in [4.69, 9.17) is 4.74 Å². The Morgan fingerprint density at radius 1 is 1.11 bits per heavy atom. The minimum absolute atomic E-state index is 0.247. The van der Waals surface area contributed by atoms with Crippen LogP contribution in [0.5, 0.6) is 11.5 Å². The van der Waals surface area contributed by atoms with Crippen molar-refractivity contribution in [2.24, 2.45) is 5.92 Å². The van der Waals surface area contributed by atoms with Gasteiger partial charge in [0, 0.05) is 0 Å². The highest BCUT2D eigenvalue weighted by Crippen LogP contribution is 2.24. The zero-order valence-corrected chi connectivity index (χ0v) is 11.5. The lowest BCUT2D eigenvalue weighted by atomic mass is 10.1. The van der Waals surface area contributed by atoms with Crippen molar-refractivity contribution in [1.29, 1.82) is 0 Å². The highest BCUT2D eigenvalue weighted by molar-refractivity contribution is 7.80. The smallest absolute Gasteiger partial charge is 0.494 e. The van der Waals surface area contributed by atoms with Crippen molar-refractivity contribution in [3.05, 3.63) is 24.3 Å². The standard InChI is InChI=1S/C13H17F3O2S/c1-10(7-9-19)6-8-17-11-2-4-12(5-3-11)18-13(14,15)16/h2-5,10,19H,6-9H2,1H3. The molecule has 108 valence electrons. The summed E-state index contributed by atoms with van der Waals surface area (Å²) in [5.74, 6) is 1.64. The molecule has 0 saturated carbocycles. The van der Waals surface area contributed by atoms with E-state index in [1.807, 2.05) is 0 Å². The number of hydrogen-bond donors (Lipinski definition) is 1. The minimum atomic E-state index is -4.66. The summed E-state index contributed by atoms with van der Waals surface area (Å²) < 4.78 is 45.1. The number of hydrogen-bond acceptors (Lipinski definition) is 3. The largest absolute Gasteiger partial charge is 0.573 e. The molecule has 1 aromatic rings. The molecule has 0 N–H and O–H groups in total. The maximum Gasteiger partial charge on any atom is 0.573 e. The Kier molecular flexibility index (Phi) is 6.34. The number of ether oxygens (including phenoxy) is 2. The molecule has 2 nitrogen and oxygen atoms in total. The van der Waals surface area contributed by atoms with Crippen LogP contribution in [0.1, 0.15) is 19.8 Å². The number of halogens is 3. The molecule has 0 aliphatic carbocycles. The van der Waals surface area contributed by atoms with E-state index in [-0.39, 0.29) is 5.75 Å². The van der Waals surface area contributed by atoms with Gasteiger partial charge in [-0.1, -0.05) is 6.92 Å². The van der Waals surface area contributed by atoms with Gasteiger partial charge < -0.3 is 9.47 Å². The molecule has 6 heteroatoms. The molecular weight excluding hydrogens is 277 g/mol. The van der Waals surface area contributed by atoms with Crippen LogP contribution in [0.4, 0.5) is 13.2 Å². The first-order valence-corrected chi connectivity index (χ1v) is 6.63. The van der Waals surface area contributed by atoms with E-state index in [9.17, 15) is 13.2 Å². The highest BCUT2D eigenvalue weighted by atomic mass is 32.1. The fourth-order valence-electron chi connectivity index (χ4n) is 1.48. The van der Waals surface area contributed by atoms with Crippen molar-refractivity contribution in [1.82, 2.24) is 0 Å². The van der Waals surface area contributed by atoms with E-state index < -0.39 is 6.36 Å². The molecule has 1 aromatic carbocycles. The van der Waals surface area contributed by atoms with Crippen LogP contribution in [0.15, 0.2) is 24.3 Å². The molecule has 1 atom stereocenters. The van der Waals surface area contributed by atoms with Gasteiger partial charge in [-0.15, -0.1) is 13.2 Å².